The molecule has 9 heteroatoms. The molecule has 0 saturated heterocycles. The molecule has 2 amide bonds. The fraction of sp³-hybridized carbons (Fsp3) is 0.259. The van der Waals surface area contributed by atoms with Gasteiger partial charge in [-0.15, -0.1) is 0 Å². The summed E-state index contributed by atoms with van der Waals surface area (Å²) in [5, 5.41) is 25.6. The molecule has 188 valence electrons. The smallest absolute Gasteiger partial charge is 0.247 e. The van der Waals surface area contributed by atoms with Crippen LogP contribution in [0.5, 0.6) is 11.5 Å². The molecule has 4 unspecified atom stereocenters. The van der Waals surface area contributed by atoms with Crippen molar-refractivity contribution >= 4 is 38.5 Å². The van der Waals surface area contributed by atoms with Gasteiger partial charge in [0.05, 0.1) is 17.7 Å². The van der Waals surface area contributed by atoms with Crippen LogP contribution in [0.15, 0.2) is 76.8 Å². The van der Waals surface area contributed by atoms with Crippen LogP contribution in [0.1, 0.15) is 12.0 Å². The number of benzene rings is 3. The van der Waals surface area contributed by atoms with Gasteiger partial charge in [0.25, 0.3) is 0 Å². The molecule has 4 rings (SSSR count). The molecule has 0 fully saturated rings. The van der Waals surface area contributed by atoms with Crippen LogP contribution in [0, 0.1) is 0 Å². The minimum absolute atomic E-state index is 0.0975. The summed E-state index contributed by atoms with van der Waals surface area (Å²) < 4.78 is 11.8. The number of amides is 2. The van der Waals surface area contributed by atoms with E-state index in [2.05, 4.69) is 21.2 Å². The molecule has 1 aliphatic rings. The number of primary amides is 1. The minimum atomic E-state index is -1.24. The van der Waals surface area contributed by atoms with E-state index in [4.69, 9.17) is 15.2 Å². The lowest BCUT2D eigenvalue weighted by Crippen LogP contribution is -2.49. The van der Waals surface area contributed by atoms with E-state index in [1.165, 1.54) is 6.08 Å². The van der Waals surface area contributed by atoms with E-state index < -0.39 is 36.2 Å². The number of ether oxygens (including phenoxy) is 2. The van der Waals surface area contributed by atoms with Crippen LogP contribution in [0.25, 0.3) is 10.8 Å². The average Bonchev–Trinajstić information content (AvgIpc) is 2.88. The van der Waals surface area contributed by atoms with E-state index in [-0.39, 0.29) is 18.4 Å². The average molecular weight is 555 g/mol. The van der Waals surface area contributed by atoms with Gasteiger partial charge in [0.2, 0.25) is 11.8 Å². The van der Waals surface area contributed by atoms with Crippen LogP contribution in [0.2, 0.25) is 0 Å². The van der Waals surface area contributed by atoms with Crippen molar-refractivity contribution in [3.05, 3.63) is 82.3 Å². The van der Waals surface area contributed by atoms with Gasteiger partial charge in [0.15, 0.2) is 0 Å². The monoisotopic (exact) mass is 554 g/mol. The lowest BCUT2D eigenvalue weighted by molar-refractivity contribution is -0.126. The number of hydrogen-bond donors (Lipinski definition) is 4. The van der Waals surface area contributed by atoms with Gasteiger partial charge in [0, 0.05) is 18.4 Å². The quantitative estimate of drug-likeness (QED) is 0.338. The lowest BCUT2D eigenvalue weighted by atomic mass is 9.91. The number of aliphatic hydroxyl groups is 2. The third-order valence-corrected chi connectivity index (χ3v) is 6.97. The number of carbonyl (C=O) groups is 2. The summed E-state index contributed by atoms with van der Waals surface area (Å²) in [6.07, 6.45) is -1.90. The minimum Gasteiger partial charge on any atom is -0.497 e. The number of rotatable bonds is 8. The van der Waals surface area contributed by atoms with Crippen molar-refractivity contribution in [3.63, 3.8) is 0 Å². The highest BCUT2D eigenvalue weighted by Crippen LogP contribution is 2.35. The van der Waals surface area contributed by atoms with Crippen molar-refractivity contribution in [2.24, 2.45) is 5.73 Å². The van der Waals surface area contributed by atoms with Crippen LogP contribution in [-0.4, -0.2) is 53.5 Å². The Morgan fingerprint density at radius 1 is 1.11 bits per heavy atom. The Bertz CT molecular complexity index is 1290. The summed E-state index contributed by atoms with van der Waals surface area (Å²) in [6.45, 7) is 0. The number of carbonyl (C=O) groups excluding carboxylic acids is 2. The zero-order valence-corrected chi connectivity index (χ0v) is 21.1. The van der Waals surface area contributed by atoms with Crippen molar-refractivity contribution in [1.29, 1.82) is 0 Å². The van der Waals surface area contributed by atoms with Gasteiger partial charge in [-0.2, -0.15) is 0 Å². The van der Waals surface area contributed by atoms with Crippen LogP contribution in [0.3, 0.4) is 0 Å². The van der Waals surface area contributed by atoms with E-state index in [9.17, 15) is 19.8 Å². The van der Waals surface area contributed by atoms with Crippen molar-refractivity contribution in [2.45, 2.75) is 37.2 Å². The summed E-state index contributed by atoms with van der Waals surface area (Å²) >= 11 is 3.55. The number of nitrogens with one attached hydrogen (secondary N) is 1. The second kappa shape index (κ2) is 11.1. The second-order valence-corrected chi connectivity index (χ2v) is 9.41. The highest BCUT2D eigenvalue weighted by atomic mass is 79.9. The molecule has 36 heavy (non-hydrogen) atoms. The first kappa shape index (κ1) is 25.7. The number of nitrogens with two attached hydrogens (primary N) is 1. The van der Waals surface area contributed by atoms with Gasteiger partial charge in [-0.1, -0.05) is 42.5 Å². The SMILES string of the molecule is COc1ccc(CC(NC(=O)C2=CC(Oc3ccc4ccccc4c3Br)C(O)C(O)C2)C(N)=O)cc1. The highest BCUT2D eigenvalue weighted by molar-refractivity contribution is 9.10. The van der Waals surface area contributed by atoms with Gasteiger partial charge in [-0.05, 0) is 56.5 Å². The Labute approximate surface area is 216 Å². The van der Waals surface area contributed by atoms with Gasteiger partial charge < -0.3 is 30.7 Å². The van der Waals surface area contributed by atoms with Gasteiger partial charge in [-0.3, -0.25) is 9.59 Å². The van der Waals surface area contributed by atoms with E-state index in [0.717, 1.165) is 16.3 Å². The fourth-order valence-corrected chi connectivity index (χ4v) is 4.71. The van der Waals surface area contributed by atoms with Crippen LogP contribution < -0.4 is 20.5 Å². The third kappa shape index (κ3) is 5.70. The predicted molar refractivity (Wildman–Crippen MR) is 139 cm³/mol. The number of aliphatic hydroxyl groups excluding tert-OH is 2. The molecule has 0 saturated carbocycles. The van der Waals surface area contributed by atoms with E-state index in [1.807, 2.05) is 30.3 Å². The van der Waals surface area contributed by atoms with Gasteiger partial charge >= 0.3 is 0 Å². The Balaban J connectivity index is 1.52. The van der Waals surface area contributed by atoms with Gasteiger partial charge in [-0.25, -0.2) is 0 Å². The number of halogens is 1. The zero-order valence-electron chi connectivity index (χ0n) is 19.6. The number of methoxy groups -OCH3 is 1. The van der Waals surface area contributed by atoms with Crippen molar-refractivity contribution in [1.82, 2.24) is 5.32 Å². The third-order valence-electron chi connectivity index (χ3n) is 6.16. The maximum atomic E-state index is 13.0. The van der Waals surface area contributed by atoms with Crippen LogP contribution >= 0.6 is 15.9 Å². The topological polar surface area (TPSA) is 131 Å². The van der Waals surface area contributed by atoms with Crippen molar-refractivity contribution in [3.8, 4) is 11.5 Å². The molecular weight excluding hydrogens is 528 g/mol. The first-order chi connectivity index (χ1) is 17.3. The summed E-state index contributed by atoms with van der Waals surface area (Å²) in [5.74, 6) is -0.131. The lowest BCUT2D eigenvalue weighted by Gasteiger charge is -2.31. The predicted octanol–water partition coefficient (Wildman–Crippen LogP) is 2.62. The highest BCUT2D eigenvalue weighted by Gasteiger charge is 2.35. The number of hydrogen-bond acceptors (Lipinski definition) is 6. The van der Waals surface area contributed by atoms with Crippen molar-refractivity contribution < 1.29 is 29.3 Å². The molecule has 0 heterocycles. The normalized spacial score (nSPS) is 20.3. The molecule has 0 bridgehead atoms. The Kier molecular flexibility index (Phi) is 7.93. The zero-order chi connectivity index (χ0) is 25.8. The Morgan fingerprint density at radius 2 is 1.83 bits per heavy atom. The summed E-state index contributed by atoms with van der Waals surface area (Å²) in [5.41, 5.74) is 6.52. The van der Waals surface area contributed by atoms with Crippen LogP contribution in [-0.2, 0) is 16.0 Å². The second-order valence-electron chi connectivity index (χ2n) is 8.62. The Morgan fingerprint density at radius 3 is 2.53 bits per heavy atom. The summed E-state index contributed by atoms with van der Waals surface area (Å²) in [6, 6.07) is 17.5. The molecule has 8 nitrogen and oxygen atoms in total. The maximum Gasteiger partial charge on any atom is 0.247 e. The molecule has 0 aliphatic heterocycles. The molecule has 5 N–H and O–H groups in total. The molecule has 0 spiro atoms. The van der Waals surface area contributed by atoms with E-state index in [1.54, 1.807) is 37.4 Å². The maximum absolute atomic E-state index is 13.0. The first-order valence-electron chi connectivity index (χ1n) is 11.4. The molecule has 4 atom stereocenters. The first-order valence-corrected chi connectivity index (χ1v) is 12.2. The van der Waals surface area contributed by atoms with E-state index >= 15 is 0 Å². The standard InChI is InChI=1S/C27H27BrN2O6/c1-35-18-9-6-15(7-10-18)12-20(26(29)33)30-27(34)17-13-21(31)25(32)23(14-17)36-22-11-8-16-4-2-3-5-19(16)24(22)28/h2-11,14,20-21,23,25,31-32H,12-13H2,1H3,(H2,29,33)(H,30,34). The molecule has 0 aromatic heterocycles. The van der Waals surface area contributed by atoms with Gasteiger partial charge in [0.1, 0.15) is 29.7 Å². The van der Waals surface area contributed by atoms with E-state index in [0.29, 0.717) is 16.0 Å². The molecule has 1 aliphatic carbocycles. The fourth-order valence-electron chi connectivity index (χ4n) is 4.12. The molecule has 3 aromatic carbocycles. The van der Waals surface area contributed by atoms with Crippen LogP contribution in [0.4, 0.5) is 0 Å². The van der Waals surface area contributed by atoms with Crippen molar-refractivity contribution in [2.75, 3.05) is 7.11 Å². The summed E-state index contributed by atoms with van der Waals surface area (Å²) in [4.78, 5) is 25.1. The summed E-state index contributed by atoms with van der Waals surface area (Å²) in [7, 11) is 1.56. The molecule has 0 radical (unpaired) electrons. The molecular formula is C27H27BrN2O6. The number of fused-ring (bicyclic) bond motifs is 1. The largest absolute Gasteiger partial charge is 0.497 e. The molecule has 3 aromatic rings. The Hall–Kier alpha value is -3.40.